The fraction of sp³-hybridized carbons (Fsp3) is 0.227. The fourth-order valence-electron chi connectivity index (χ4n) is 3.87. The molecule has 0 saturated carbocycles. The second kappa shape index (κ2) is 7.96. The van der Waals surface area contributed by atoms with E-state index in [9.17, 15) is 4.79 Å². The van der Waals surface area contributed by atoms with Crippen LogP contribution in [0.2, 0.25) is 5.02 Å². The first-order chi connectivity index (χ1) is 15.1. The zero-order chi connectivity index (χ0) is 21.4. The number of hydrogen-bond donors (Lipinski definition) is 0. The van der Waals surface area contributed by atoms with Crippen LogP contribution >= 0.6 is 11.6 Å². The van der Waals surface area contributed by atoms with E-state index < -0.39 is 0 Å². The molecule has 2 aromatic carbocycles. The normalized spacial score (nSPS) is 16.1. The summed E-state index contributed by atoms with van der Waals surface area (Å²) in [5.41, 5.74) is 2.93. The summed E-state index contributed by atoms with van der Waals surface area (Å²) >= 11 is 6.08. The summed E-state index contributed by atoms with van der Waals surface area (Å²) in [4.78, 5) is 21.4. The van der Waals surface area contributed by atoms with Crippen LogP contribution in [0.4, 0.5) is 0 Å². The lowest BCUT2D eigenvalue weighted by molar-refractivity contribution is 0.0709. The third-order valence-electron chi connectivity index (χ3n) is 5.34. The maximum Gasteiger partial charge on any atom is 0.256 e. The van der Waals surface area contributed by atoms with Gasteiger partial charge < -0.3 is 9.42 Å². The highest BCUT2D eigenvalue weighted by atomic mass is 35.5. The highest BCUT2D eigenvalue weighted by molar-refractivity contribution is 6.30. The number of halogens is 1. The summed E-state index contributed by atoms with van der Waals surface area (Å²) in [7, 11) is 0. The number of amides is 1. The molecule has 1 aliphatic rings. The average Bonchev–Trinajstić information content (AvgIpc) is 3.54. The van der Waals surface area contributed by atoms with Crippen molar-refractivity contribution >= 4 is 17.5 Å². The number of benzene rings is 2. The van der Waals surface area contributed by atoms with Gasteiger partial charge in [0, 0.05) is 17.1 Å². The quantitative estimate of drug-likeness (QED) is 0.476. The van der Waals surface area contributed by atoms with E-state index in [1.54, 1.807) is 29.4 Å². The Bertz CT molecular complexity index is 1240. The van der Waals surface area contributed by atoms with Crippen molar-refractivity contribution in [1.82, 2.24) is 30.0 Å². The standard InChI is InChI=1S/C22H19ClN6O2/c1-14-7-8-18(29-24-9-10-25-29)17(12-14)22(30)28-11-3-6-19(28)21-26-20(27-31-21)15-4-2-5-16(23)13-15/h2,4-5,7-10,12-13,19H,3,6,11H2,1H3. The molecule has 9 heteroatoms. The van der Waals surface area contributed by atoms with Crippen LogP contribution in [0.15, 0.2) is 59.4 Å². The molecule has 1 atom stereocenters. The Labute approximate surface area is 183 Å². The van der Waals surface area contributed by atoms with Crippen molar-refractivity contribution in [3.05, 3.63) is 76.9 Å². The van der Waals surface area contributed by atoms with Crippen molar-refractivity contribution in [3.63, 3.8) is 0 Å². The Morgan fingerprint density at radius 3 is 2.81 bits per heavy atom. The molecule has 156 valence electrons. The Morgan fingerprint density at radius 2 is 2.00 bits per heavy atom. The molecular formula is C22H19ClN6O2. The van der Waals surface area contributed by atoms with Crippen LogP contribution in [0.5, 0.6) is 0 Å². The minimum Gasteiger partial charge on any atom is -0.337 e. The Kier molecular flexibility index (Phi) is 4.99. The lowest BCUT2D eigenvalue weighted by Gasteiger charge is -2.23. The minimum atomic E-state index is -0.285. The van der Waals surface area contributed by atoms with Gasteiger partial charge in [0.2, 0.25) is 11.7 Å². The highest BCUT2D eigenvalue weighted by Crippen LogP contribution is 2.34. The van der Waals surface area contributed by atoms with E-state index in [4.69, 9.17) is 16.1 Å². The molecule has 0 radical (unpaired) electrons. The molecule has 0 aliphatic carbocycles. The maximum atomic E-state index is 13.6. The van der Waals surface area contributed by atoms with E-state index in [-0.39, 0.29) is 11.9 Å². The molecule has 3 heterocycles. The molecule has 1 saturated heterocycles. The predicted molar refractivity (Wildman–Crippen MR) is 114 cm³/mol. The van der Waals surface area contributed by atoms with Gasteiger partial charge in [-0.3, -0.25) is 4.79 Å². The van der Waals surface area contributed by atoms with Crippen LogP contribution < -0.4 is 0 Å². The number of nitrogens with zero attached hydrogens (tertiary/aromatic N) is 6. The first-order valence-corrected chi connectivity index (χ1v) is 10.4. The fourth-order valence-corrected chi connectivity index (χ4v) is 4.06. The molecule has 5 rings (SSSR count). The Morgan fingerprint density at radius 1 is 1.16 bits per heavy atom. The highest BCUT2D eigenvalue weighted by Gasteiger charge is 2.35. The van der Waals surface area contributed by atoms with Crippen molar-refractivity contribution in [2.45, 2.75) is 25.8 Å². The number of rotatable bonds is 4. The Hall–Kier alpha value is -3.52. The third-order valence-corrected chi connectivity index (χ3v) is 5.58. The maximum absolute atomic E-state index is 13.6. The zero-order valence-corrected chi connectivity index (χ0v) is 17.5. The average molecular weight is 435 g/mol. The van der Waals surface area contributed by atoms with Crippen LogP contribution in [0, 0.1) is 6.92 Å². The second-order valence-electron chi connectivity index (χ2n) is 7.46. The molecule has 1 amide bonds. The summed E-state index contributed by atoms with van der Waals surface area (Å²) < 4.78 is 5.56. The number of carbonyl (C=O) groups is 1. The minimum absolute atomic E-state index is 0.110. The van der Waals surface area contributed by atoms with Gasteiger partial charge in [-0.05, 0) is 44.0 Å². The van der Waals surface area contributed by atoms with Crippen molar-refractivity contribution in [2.24, 2.45) is 0 Å². The van der Waals surface area contributed by atoms with Gasteiger partial charge in [-0.2, -0.15) is 20.0 Å². The molecule has 4 aromatic rings. The monoisotopic (exact) mass is 434 g/mol. The molecule has 1 aliphatic heterocycles. The molecule has 0 bridgehead atoms. The largest absolute Gasteiger partial charge is 0.337 e. The smallest absolute Gasteiger partial charge is 0.256 e. The summed E-state index contributed by atoms with van der Waals surface area (Å²) in [5.74, 6) is 0.766. The van der Waals surface area contributed by atoms with Gasteiger partial charge in [-0.25, -0.2) is 0 Å². The van der Waals surface area contributed by atoms with Crippen molar-refractivity contribution in [3.8, 4) is 17.1 Å². The molecule has 0 N–H and O–H groups in total. The van der Waals surface area contributed by atoms with Crippen LogP contribution in [0.1, 0.15) is 40.7 Å². The molecule has 8 nitrogen and oxygen atoms in total. The Balaban J connectivity index is 1.47. The summed E-state index contributed by atoms with van der Waals surface area (Å²) in [5, 5.41) is 13.1. The topological polar surface area (TPSA) is 89.9 Å². The van der Waals surface area contributed by atoms with E-state index in [0.29, 0.717) is 34.5 Å². The summed E-state index contributed by atoms with van der Waals surface area (Å²) in [6, 6.07) is 12.6. The van der Waals surface area contributed by atoms with E-state index in [2.05, 4.69) is 20.3 Å². The van der Waals surface area contributed by atoms with E-state index in [1.165, 1.54) is 4.80 Å². The summed E-state index contributed by atoms with van der Waals surface area (Å²) in [6.07, 6.45) is 4.78. The van der Waals surface area contributed by atoms with Gasteiger partial charge in [0.15, 0.2) is 0 Å². The van der Waals surface area contributed by atoms with Crippen molar-refractivity contribution in [2.75, 3.05) is 6.54 Å². The first-order valence-electron chi connectivity index (χ1n) is 9.98. The van der Waals surface area contributed by atoms with E-state index in [1.807, 2.05) is 37.3 Å². The number of likely N-dealkylation sites (tertiary alicyclic amines) is 1. The van der Waals surface area contributed by atoms with E-state index in [0.717, 1.165) is 24.0 Å². The third kappa shape index (κ3) is 3.70. The number of aromatic nitrogens is 5. The van der Waals surface area contributed by atoms with Crippen LogP contribution in [0.3, 0.4) is 0 Å². The predicted octanol–water partition coefficient (Wildman–Crippen LogP) is 4.26. The molecule has 1 fully saturated rings. The lowest BCUT2D eigenvalue weighted by Crippen LogP contribution is -2.31. The van der Waals surface area contributed by atoms with Gasteiger partial charge in [-0.1, -0.05) is 40.5 Å². The second-order valence-corrected chi connectivity index (χ2v) is 7.90. The van der Waals surface area contributed by atoms with Gasteiger partial charge in [0.1, 0.15) is 6.04 Å². The van der Waals surface area contributed by atoms with Crippen LogP contribution in [-0.2, 0) is 0 Å². The molecular weight excluding hydrogens is 416 g/mol. The van der Waals surface area contributed by atoms with Crippen LogP contribution in [-0.4, -0.2) is 42.5 Å². The van der Waals surface area contributed by atoms with E-state index >= 15 is 0 Å². The van der Waals surface area contributed by atoms with Crippen molar-refractivity contribution < 1.29 is 9.32 Å². The number of hydrogen-bond acceptors (Lipinski definition) is 6. The van der Waals surface area contributed by atoms with Crippen molar-refractivity contribution in [1.29, 1.82) is 0 Å². The number of aryl methyl sites for hydroxylation is 1. The van der Waals surface area contributed by atoms with Gasteiger partial charge in [0.05, 0.1) is 23.6 Å². The summed E-state index contributed by atoms with van der Waals surface area (Å²) in [6.45, 7) is 2.56. The molecule has 31 heavy (non-hydrogen) atoms. The first kappa shape index (κ1) is 19.4. The SMILES string of the molecule is Cc1ccc(-n2nccn2)c(C(=O)N2CCCC2c2nc(-c3cccc(Cl)c3)no2)c1. The van der Waals surface area contributed by atoms with Gasteiger partial charge in [0.25, 0.3) is 5.91 Å². The van der Waals surface area contributed by atoms with Gasteiger partial charge >= 0.3 is 0 Å². The van der Waals surface area contributed by atoms with Gasteiger partial charge in [-0.15, -0.1) is 0 Å². The molecule has 2 aromatic heterocycles. The number of carbonyl (C=O) groups excluding carboxylic acids is 1. The molecule has 1 unspecified atom stereocenters. The zero-order valence-electron chi connectivity index (χ0n) is 16.8. The van der Waals surface area contributed by atoms with Crippen LogP contribution in [0.25, 0.3) is 17.1 Å². The lowest BCUT2D eigenvalue weighted by atomic mass is 10.1. The molecule has 0 spiro atoms.